The lowest BCUT2D eigenvalue weighted by molar-refractivity contribution is -0.132. The van der Waals surface area contributed by atoms with E-state index in [4.69, 9.17) is 0 Å². The minimum Gasteiger partial charge on any atom is -0.299 e. The van der Waals surface area contributed by atoms with Crippen LogP contribution in [0.15, 0.2) is 11.6 Å². The predicted octanol–water partition coefficient (Wildman–Crippen LogP) is 4.37. The van der Waals surface area contributed by atoms with Gasteiger partial charge in [0.15, 0.2) is 0 Å². The number of Topliss-reactive ketones (excluding diaryl/α,β-unsaturated/α-hetero) is 2. The van der Waals surface area contributed by atoms with E-state index in [1.807, 2.05) is 0 Å². The van der Waals surface area contributed by atoms with Gasteiger partial charge in [-0.05, 0) is 61.7 Å². The highest BCUT2D eigenvalue weighted by Crippen LogP contribution is 2.65. The average molecular weight is 325 g/mol. The average Bonchev–Trinajstić information content (AvgIpc) is 2.88. The summed E-state index contributed by atoms with van der Waals surface area (Å²) < 4.78 is 0. The summed E-state index contributed by atoms with van der Waals surface area (Å²) >= 11 is 0. The number of hydrogen-bond donors (Lipinski definition) is 0. The Hall–Kier alpha value is -1.43. The molecule has 3 heteroatoms. The monoisotopic (exact) mass is 325 g/mol. The van der Waals surface area contributed by atoms with Gasteiger partial charge in [0, 0.05) is 31.1 Å². The molecule has 4 aliphatic rings. The molecule has 24 heavy (non-hydrogen) atoms. The van der Waals surface area contributed by atoms with Gasteiger partial charge in [0.1, 0.15) is 11.6 Å². The fourth-order valence-electron chi connectivity index (χ4n) is 6.80. The van der Waals surface area contributed by atoms with Crippen molar-refractivity contribution in [1.82, 2.24) is 0 Å². The number of carbonyl (C=O) groups excluding carboxylic acids is 2. The standard InChI is InChI=1S/C21H27NO2/c1-20-10-8-18-16(17(20)5-6-19(20)24)4-3-14-13-15(23)7-11-21(14,18)9-2-12-22/h3,16-18H,2,4-11,13H2,1H3/t16-,17-,18-,20-,21-/m0/s1. The Kier molecular flexibility index (Phi) is 3.71. The molecule has 0 N–H and O–H groups in total. The fourth-order valence-corrected chi connectivity index (χ4v) is 6.80. The van der Waals surface area contributed by atoms with E-state index in [2.05, 4.69) is 19.1 Å². The van der Waals surface area contributed by atoms with Crippen LogP contribution in [0.2, 0.25) is 0 Å². The molecule has 0 heterocycles. The molecule has 0 aromatic heterocycles. The minimum atomic E-state index is -0.104. The SMILES string of the molecule is C[C@]12CC[C@H]3[C@@H](CC=C4CC(=O)CC[C@@]43CCC#N)[C@@H]1CCC2=O. The summed E-state index contributed by atoms with van der Waals surface area (Å²) in [5, 5.41) is 9.18. The lowest BCUT2D eigenvalue weighted by Gasteiger charge is -2.57. The fraction of sp³-hybridized carbons (Fsp3) is 0.762. The Morgan fingerprint density at radius 1 is 1.21 bits per heavy atom. The molecule has 4 rings (SSSR count). The third-order valence-corrected chi connectivity index (χ3v) is 8.05. The molecular formula is C21H27NO2. The van der Waals surface area contributed by atoms with Crippen molar-refractivity contribution in [2.45, 2.75) is 71.1 Å². The first-order chi connectivity index (χ1) is 11.5. The molecule has 3 saturated carbocycles. The zero-order valence-electron chi connectivity index (χ0n) is 14.6. The number of rotatable bonds is 2. The maximum absolute atomic E-state index is 12.5. The van der Waals surface area contributed by atoms with Gasteiger partial charge in [-0.15, -0.1) is 0 Å². The molecule has 4 aliphatic carbocycles. The second kappa shape index (κ2) is 5.55. The van der Waals surface area contributed by atoms with Gasteiger partial charge in [0.2, 0.25) is 0 Å². The van der Waals surface area contributed by atoms with Crippen LogP contribution in [0, 0.1) is 39.9 Å². The van der Waals surface area contributed by atoms with Crippen LogP contribution in [0.5, 0.6) is 0 Å². The number of nitriles is 1. The second-order valence-electron chi connectivity index (χ2n) is 8.79. The van der Waals surface area contributed by atoms with Crippen LogP contribution in [0.1, 0.15) is 71.1 Å². The van der Waals surface area contributed by atoms with E-state index >= 15 is 0 Å². The smallest absolute Gasteiger partial charge is 0.139 e. The molecule has 0 amide bonds. The molecule has 0 aromatic rings. The molecule has 128 valence electrons. The van der Waals surface area contributed by atoms with Crippen molar-refractivity contribution in [2.75, 3.05) is 0 Å². The van der Waals surface area contributed by atoms with E-state index in [0.29, 0.717) is 48.6 Å². The third-order valence-electron chi connectivity index (χ3n) is 8.05. The number of carbonyl (C=O) groups is 2. The predicted molar refractivity (Wildman–Crippen MR) is 90.9 cm³/mol. The lowest BCUT2D eigenvalue weighted by Crippen LogP contribution is -2.51. The van der Waals surface area contributed by atoms with E-state index in [1.165, 1.54) is 5.57 Å². The summed E-state index contributed by atoms with van der Waals surface area (Å²) in [6.45, 7) is 2.20. The van der Waals surface area contributed by atoms with Crippen LogP contribution >= 0.6 is 0 Å². The van der Waals surface area contributed by atoms with Crippen LogP contribution in [0.4, 0.5) is 0 Å². The topological polar surface area (TPSA) is 57.9 Å². The molecule has 0 spiro atoms. The van der Waals surface area contributed by atoms with Crippen molar-refractivity contribution in [2.24, 2.45) is 28.6 Å². The van der Waals surface area contributed by atoms with Crippen LogP contribution < -0.4 is 0 Å². The zero-order valence-corrected chi connectivity index (χ0v) is 14.6. The summed E-state index contributed by atoms with van der Waals surface area (Å²) in [7, 11) is 0. The molecule has 0 radical (unpaired) electrons. The first kappa shape index (κ1) is 16.1. The van der Waals surface area contributed by atoms with Crippen LogP contribution in [-0.4, -0.2) is 11.6 Å². The molecule has 0 bridgehead atoms. The number of hydrogen-bond acceptors (Lipinski definition) is 3. The Labute approximate surface area is 144 Å². The highest BCUT2D eigenvalue weighted by Gasteiger charge is 2.59. The minimum absolute atomic E-state index is 0.0690. The number of fused-ring (bicyclic) bond motifs is 5. The normalized spacial score (nSPS) is 44.2. The van der Waals surface area contributed by atoms with Crippen molar-refractivity contribution >= 4 is 11.6 Å². The van der Waals surface area contributed by atoms with Gasteiger partial charge in [0.05, 0.1) is 6.07 Å². The van der Waals surface area contributed by atoms with Crippen LogP contribution in [0.25, 0.3) is 0 Å². The van der Waals surface area contributed by atoms with Crippen molar-refractivity contribution in [1.29, 1.82) is 5.26 Å². The van der Waals surface area contributed by atoms with E-state index in [0.717, 1.165) is 44.9 Å². The number of allylic oxidation sites excluding steroid dienone is 2. The largest absolute Gasteiger partial charge is 0.299 e. The van der Waals surface area contributed by atoms with Gasteiger partial charge in [-0.25, -0.2) is 0 Å². The van der Waals surface area contributed by atoms with Gasteiger partial charge in [-0.3, -0.25) is 9.59 Å². The Morgan fingerprint density at radius 2 is 2.04 bits per heavy atom. The Morgan fingerprint density at radius 3 is 2.83 bits per heavy atom. The van der Waals surface area contributed by atoms with Crippen molar-refractivity contribution in [3.63, 3.8) is 0 Å². The summed E-state index contributed by atoms with van der Waals surface area (Å²) in [5.41, 5.74) is 1.30. The highest BCUT2D eigenvalue weighted by atomic mass is 16.1. The van der Waals surface area contributed by atoms with Crippen molar-refractivity contribution < 1.29 is 9.59 Å². The van der Waals surface area contributed by atoms with E-state index in [-0.39, 0.29) is 10.8 Å². The van der Waals surface area contributed by atoms with Gasteiger partial charge >= 0.3 is 0 Å². The summed E-state index contributed by atoms with van der Waals surface area (Å²) in [6.07, 6.45) is 11.0. The molecular weight excluding hydrogens is 298 g/mol. The van der Waals surface area contributed by atoms with Gasteiger partial charge in [-0.2, -0.15) is 5.26 Å². The molecule has 0 unspecified atom stereocenters. The summed E-state index contributed by atoms with van der Waals surface area (Å²) in [4.78, 5) is 24.5. The molecule has 5 atom stereocenters. The maximum Gasteiger partial charge on any atom is 0.139 e. The van der Waals surface area contributed by atoms with Gasteiger partial charge < -0.3 is 0 Å². The summed E-state index contributed by atoms with van der Waals surface area (Å²) in [6, 6.07) is 2.34. The van der Waals surface area contributed by atoms with Gasteiger partial charge in [0.25, 0.3) is 0 Å². The molecule has 0 saturated heterocycles. The number of ketones is 2. The van der Waals surface area contributed by atoms with Gasteiger partial charge in [-0.1, -0.05) is 18.6 Å². The molecule has 3 nitrogen and oxygen atoms in total. The van der Waals surface area contributed by atoms with Crippen molar-refractivity contribution in [3.8, 4) is 6.07 Å². The first-order valence-corrected chi connectivity index (χ1v) is 9.63. The summed E-state index contributed by atoms with van der Waals surface area (Å²) in [5.74, 6) is 2.50. The Bertz CT molecular complexity index is 657. The highest BCUT2D eigenvalue weighted by molar-refractivity contribution is 5.87. The zero-order chi connectivity index (χ0) is 16.9. The van der Waals surface area contributed by atoms with Crippen molar-refractivity contribution in [3.05, 3.63) is 11.6 Å². The molecule has 0 aromatic carbocycles. The van der Waals surface area contributed by atoms with E-state index in [9.17, 15) is 14.9 Å². The molecule has 3 fully saturated rings. The third kappa shape index (κ3) is 2.08. The maximum atomic E-state index is 12.5. The van der Waals surface area contributed by atoms with E-state index in [1.54, 1.807) is 0 Å². The Balaban J connectivity index is 1.72. The van der Waals surface area contributed by atoms with Crippen LogP contribution in [0.3, 0.4) is 0 Å². The second-order valence-corrected chi connectivity index (χ2v) is 8.79. The van der Waals surface area contributed by atoms with Crippen LogP contribution in [-0.2, 0) is 9.59 Å². The lowest BCUT2D eigenvalue weighted by atomic mass is 9.46. The first-order valence-electron chi connectivity index (χ1n) is 9.63. The van der Waals surface area contributed by atoms with E-state index < -0.39 is 0 Å². The number of nitrogens with zero attached hydrogens (tertiary/aromatic N) is 1. The quantitative estimate of drug-likeness (QED) is 0.708. The molecule has 0 aliphatic heterocycles.